The molecule has 2 saturated heterocycles. The number of imide groups is 1. The van der Waals surface area contributed by atoms with Crippen molar-refractivity contribution in [3.8, 4) is 0 Å². The number of benzene rings is 3. The van der Waals surface area contributed by atoms with Crippen molar-refractivity contribution < 1.29 is 19.3 Å². The van der Waals surface area contributed by atoms with E-state index in [0.717, 1.165) is 14.9 Å². The van der Waals surface area contributed by atoms with Crippen LogP contribution >= 0.6 is 15.9 Å². The molecule has 5 rings (SSSR count). The van der Waals surface area contributed by atoms with E-state index in [1.807, 2.05) is 30.3 Å². The van der Waals surface area contributed by atoms with Crippen LogP contribution in [0.5, 0.6) is 0 Å². The molecule has 0 unspecified atom stereocenters. The SMILES string of the molecule is O=C1[C@H]2[C@@H](ON(c3cccc([N+](=O)[O-])c3)[C@H]2c2ccccc2)C(=O)N1c1ccc(Br)cc1. The lowest BCUT2D eigenvalue weighted by atomic mass is 9.90. The van der Waals surface area contributed by atoms with Gasteiger partial charge in [0.2, 0.25) is 5.91 Å². The Labute approximate surface area is 191 Å². The van der Waals surface area contributed by atoms with E-state index >= 15 is 0 Å². The fraction of sp³-hybridized carbons (Fsp3) is 0.130. The number of amides is 2. The van der Waals surface area contributed by atoms with Gasteiger partial charge in [0.25, 0.3) is 11.6 Å². The zero-order valence-electron chi connectivity index (χ0n) is 16.5. The molecule has 0 bridgehead atoms. The number of hydrogen-bond acceptors (Lipinski definition) is 6. The van der Waals surface area contributed by atoms with Crippen LogP contribution in [-0.2, 0) is 14.4 Å². The van der Waals surface area contributed by atoms with Crippen LogP contribution in [-0.4, -0.2) is 22.8 Å². The third-order valence-corrected chi connectivity index (χ3v) is 6.17. The lowest BCUT2D eigenvalue weighted by Crippen LogP contribution is -2.37. The molecule has 0 saturated carbocycles. The summed E-state index contributed by atoms with van der Waals surface area (Å²) in [5.74, 6) is -1.63. The molecule has 8 nitrogen and oxygen atoms in total. The van der Waals surface area contributed by atoms with Gasteiger partial charge in [-0.1, -0.05) is 52.3 Å². The van der Waals surface area contributed by atoms with Crippen molar-refractivity contribution in [3.05, 3.63) is 99.0 Å². The molecule has 9 heteroatoms. The van der Waals surface area contributed by atoms with Crippen molar-refractivity contribution in [3.63, 3.8) is 0 Å². The van der Waals surface area contributed by atoms with Crippen molar-refractivity contribution in [1.29, 1.82) is 0 Å². The number of carbonyl (C=O) groups excluding carboxylic acids is 2. The highest BCUT2D eigenvalue weighted by atomic mass is 79.9. The van der Waals surface area contributed by atoms with E-state index in [-0.39, 0.29) is 11.6 Å². The molecule has 3 aromatic rings. The lowest BCUT2D eigenvalue weighted by molar-refractivity contribution is -0.384. The van der Waals surface area contributed by atoms with E-state index in [1.165, 1.54) is 17.2 Å². The van der Waals surface area contributed by atoms with Gasteiger partial charge in [-0.05, 0) is 35.9 Å². The van der Waals surface area contributed by atoms with Crippen LogP contribution in [0.15, 0.2) is 83.3 Å². The first kappa shape index (κ1) is 20.3. The maximum Gasteiger partial charge on any atom is 0.271 e. The number of anilines is 2. The lowest BCUT2D eigenvalue weighted by Gasteiger charge is -2.28. The molecule has 0 aliphatic carbocycles. The summed E-state index contributed by atoms with van der Waals surface area (Å²) in [4.78, 5) is 44.7. The molecule has 2 amide bonds. The number of nitro benzene ring substituents is 1. The molecule has 160 valence electrons. The largest absolute Gasteiger partial charge is 0.273 e. The van der Waals surface area contributed by atoms with Crippen molar-refractivity contribution in [2.24, 2.45) is 5.92 Å². The second-order valence-corrected chi connectivity index (χ2v) is 8.41. The standard InChI is InChI=1S/C23H16BrN3O5/c24-15-9-11-16(12-10-15)25-22(28)19-20(14-5-2-1-3-6-14)26(32-21(19)23(25)29)17-7-4-8-18(13-17)27(30)31/h1-13,19-21H/t19-,20+,21-/m1/s1. The Morgan fingerprint density at radius 3 is 2.28 bits per heavy atom. The Bertz CT molecular complexity index is 1220. The van der Waals surface area contributed by atoms with Gasteiger partial charge in [-0.2, -0.15) is 0 Å². The molecule has 3 atom stereocenters. The van der Waals surface area contributed by atoms with E-state index in [4.69, 9.17) is 4.84 Å². The van der Waals surface area contributed by atoms with Crippen LogP contribution in [0.3, 0.4) is 0 Å². The average Bonchev–Trinajstić information content (AvgIpc) is 3.31. The zero-order chi connectivity index (χ0) is 22.4. The number of rotatable bonds is 4. The van der Waals surface area contributed by atoms with Crippen molar-refractivity contribution in [2.75, 3.05) is 9.96 Å². The minimum absolute atomic E-state index is 0.107. The highest BCUT2D eigenvalue weighted by molar-refractivity contribution is 9.10. The van der Waals surface area contributed by atoms with Gasteiger partial charge in [-0.3, -0.25) is 24.5 Å². The van der Waals surface area contributed by atoms with Crippen molar-refractivity contribution >= 4 is 44.8 Å². The Hall–Kier alpha value is -3.56. The van der Waals surface area contributed by atoms with E-state index < -0.39 is 28.9 Å². The highest BCUT2D eigenvalue weighted by Crippen LogP contribution is 2.47. The summed E-state index contributed by atoms with van der Waals surface area (Å²) < 4.78 is 0.829. The molecule has 2 aliphatic rings. The summed E-state index contributed by atoms with van der Waals surface area (Å²) in [5, 5.41) is 12.7. The molecule has 0 spiro atoms. The first-order valence-electron chi connectivity index (χ1n) is 9.84. The van der Waals surface area contributed by atoms with Crippen LogP contribution in [0, 0.1) is 16.0 Å². The molecule has 0 aromatic heterocycles. The number of fused-ring (bicyclic) bond motifs is 1. The van der Waals surface area contributed by atoms with Crippen LogP contribution in [0.2, 0.25) is 0 Å². The Morgan fingerprint density at radius 1 is 0.875 bits per heavy atom. The van der Waals surface area contributed by atoms with E-state index in [9.17, 15) is 19.7 Å². The van der Waals surface area contributed by atoms with Gasteiger partial charge in [0.05, 0.1) is 22.3 Å². The normalized spacial score (nSPS) is 22.3. The molecule has 2 heterocycles. The third-order valence-electron chi connectivity index (χ3n) is 5.64. The Kier molecular flexibility index (Phi) is 4.99. The summed E-state index contributed by atoms with van der Waals surface area (Å²) in [6.07, 6.45) is -1.03. The monoisotopic (exact) mass is 493 g/mol. The number of carbonyl (C=O) groups is 2. The first-order valence-corrected chi connectivity index (χ1v) is 10.6. The number of hydrogen-bond donors (Lipinski definition) is 0. The maximum absolute atomic E-state index is 13.5. The van der Waals surface area contributed by atoms with Gasteiger partial charge in [0.15, 0.2) is 6.10 Å². The molecule has 0 N–H and O–H groups in total. The van der Waals surface area contributed by atoms with Gasteiger partial charge >= 0.3 is 0 Å². The Balaban J connectivity index is 1.58. The van der Waals surface area contributed by atoms with Crippen LogP contribution in [0.25, 0.3) is 0 Å². The number of nitrogens with zero attached hydrogens (tertiary/aromatic N) is 3. The fourth-order valence-corrected chi connectivity index (χ4v) is 4.48. The van der Waals surface area contributed by atoms with Crippen LogP contribution in [0.4, 0.5) is 17.1 Å². The molecule has 2 fully saturated rings. The minimum atomic E-state index is -1.03. The summed E-state index contributed by atoms with van der Waals surface area (Å²) in [5.41, 5.74) is 1.53. The summed E-state index contributed by atoms with van der Waals surface area (Å²) >= 11 is 3.36. The fourth-order valence-electron chi connectivity index (χ4n) is 4.22. The summed E-state index contributed by atoms with van der Waals surface area (Å²) in [6, 6.07) is 21.4. The smallest absolute Gasteiger partial charge is 0.271 e. The van der Waals surface area contributed by atoms with Crippen molar-refractivity contribution in [1.82, 2.24) is 0 Å². The topological polar surface area (TPSA) is 93.0 Å². The Morgan fingerprint density at radius 2 is 1.59 bits per heavy atom. The van der Waals surface area contributed by atoms with Gasteiger partial charge < -0.3 is 0 Å². The van der Waals surface area contributed by atoms with Gasteiger partial charge in [0, 0.05) is 16.6 Å². The van der Waals surface area contributed by atoms with Crippen LogP contribution in [0.1, 0.15) is 11.6 Å². The van der Waals surface area contributed by atoms with E-state index in [0.29, 0.717) is 11.4 Å². The number of halogens is 1. The molecular formula is C23H16BrN3O5. The first-order chi connectivity index (χ1) is 15.5. The van der Waals surface area contributed by atoms with E-state index in [1.54, 1.807) is 36.4 Å². The highest BCUT2D eigenvalue weighted by Gasteiger charge is 2.60. The van der Waals surface area contributed by atoms with E-state index in [2.05, 4.69) is 15.9 Å². The predicted octanol–water partition coefficient (Wildman–Crippen LogP) is 4.41. The van der Waals surface area contributed by atoms with Crippen molar-refractivity contribution in [2.45, 2.75) is 12.1 Å². The zero-order valence-corrected chi connectivity index (χ0v) is 18.1. The van der Waals surface area contributed by atoms with Gasteiger partial charge in [-0.25, -0.2) is 9.96 Å². The molecule has 0 radical (unpaired) electrons. The minimum Gasteiger partial charge on any atom is -0.273 e. The van der Waals surface area contributed by atoms with Gasteiger partial charge in [-0.15, -0.1) is 0 Å². The number of nitro groups is 1. The predicted molar refractivity (Wildman–Crippen MR) is 120 cm³/mol. The van der Waals surface area contributed by atoms with Gasteiger partial charge in [0.1, 0.15) is 5.92 Å². The molecule has 2 aliphatic heterocycles. The summed E-state index contributed by atoms with van der Waals surface area (Å²) in [7, 11) is 0. The second kappa shape index (κ2) is 7.85. The molecule has 32 heavy (non-hydrogen) atoms. The second-order valence-electron chi connectivity index (χ2n) is 7.50. The summed E-state index contributed by atoms with van der Waals surface area (Å²) in [6.45, 7) is 0. The quantitative estimate of drug-likeness (QED) is 0.303. The number of non-ortho nitro benzene ring substituents is 1. The average molecular weight is 494 g/mol. The maximum atomic E-state index is 13.5. The molecule has 3 aromatic carbocycles. The molecular weight excluding hydrogens is 478 g/mol. The third kappa shape index (κ3) is 3.26. The number of hydroxylamine groups is 1. The van der Waals surface area contributed by atoms with Crippen LogP contribution < -0.4 is 9.96 Å².